The molecular weight excluding hydrogens is 1120 g/mol. The SMILES string of the molecule is CO[C@@H](C/C=C/c1nc(-c2nc(-c3nc([C@@H](OC)[C@@H](C)C(=O)/C=C/C[C@@H](CC(=O)O)O[Si](c4ccccc4)(c4ccccc4)C(C)(C)C)co3)co2)co1)[C@H](C)[C@@H](O)C[C@H](OC)[C@@H](C)CCC(=O)[C@H](C)[C@H](OC(C)=O)[C@H](C)CC1OCC(C)(C)CO1. The van der Waals surface area contributed by atoms with E-state index in [4.69, 9.17) is 46.1 Å². The molecule has 1 saturated heterocycles. The Morgan fingerprint density at radius 1 is 0.756 bits per heavy atom. The number of ether oxygens (including phenoxy) is 6. The molecule has 0 amide bonds. The van der Waals surface area contributed by atoms with Crippen molar-refractivity contribution in [1.29, 1.82) is 0 Å². The number of benzene rings is 2. The van der Waals surface area contributed by atoms with Crippen molar-refractivity contribution in [3.63, 3.8) is 0 Å². The van der Waals surface area contributed by atoms with Crippen molar-refractivity contribution in [3.8, 4) is 23.2 Å². The predicted octanol–water partition coefficient (Wildman–Crippen LogP) is 11.0. The normalized spacial score (nSPS) is 18.2. The van der Waals surface area contributed by atoms with Gasteiger partial charge in [0.1, 0.15) is 42.5 Å². The topological polar surface area (TPSA) is 251 Å². The minimum Gasteiger partial charge on any atom is -0.481 e. The van der Waals surface area contributed by atoms with E-state index >= 15 is 0 Å². The molecule has 5 aromatic rings. The molecule has 470 valence electrons. The predicted molar refractivity (Wildman–Crippen MR) is 326 cm³/mol. The summed E-state index contributed by atoms with van der Waals surface area (Å²) in [6.45, 7) is 22.4. The molecule has 1 aliphatic heterocycles. The first-order valence-electron chi connectivity index (χ1n) is 29.8. The van der Waals surface area contributed by atoms with Gasteiger partial charge in [-0.1, -0.05) is 142 Å². The Bertz CT molecular complexity index is 2930. The van der Waals surface area contributed by atoms with Crippen LogP contribution in [0.25, 0.3) is 29.2 Å². The number of hydrogen-bond donors (Lipinski definition) is 2. The van der Waals surface area contributed by atoms with Gasteiger partial charge in [0, 0.05) is 58.8 Å². The van der Waals surface area contributed by atoms with Crippen LogP contribution in [0.3, 0.4) is 0 Å². The number of methoxy groups -OCH3 is 3. The molecule has 0 aliphatic carbocycles. The fourth-order valence-corrected chi connectivity index (χ4v) is 16.0. The lowest BCUT2D eigenvalue weighted by atomic mass is 9.83. The molecule has 3 aromatic heterocycles. The Labute approximate surface area is 507 Å². The summed E-state index contributed by atoms with van der Waals surface area (Å²) < 4.78 is 59.5. The number of aromatic nitrogens is 3. The van der Waals surface area contributed by atoms with E-state index in [1.165, 1.54) is 38.9 Å². The number of aliphatic hydroxyl groups excluding tert-OH is 1. The molecule has 6 rings (SSSR count). The second kappa shape index (κ2) is 31.6. The van der Waals surface area contributed by atoms with Gasteiger partial charge in [0.2, 0.25) is 17.7 Å². The highest BCUT2D eigenvalue weighted by atomic mass is 28.4. The zero-order chi connectivity index (χ0) is 62.9. The van der Waals surface area contributed by atoms with Crippen molar-refractivity contribution in [2.45, 2.75) is 169 Å². The lowest BCUT2D eigenvalue weighted by Crippen LogP contribution is -2.67. The van der Waals surface area contributed by atoms with Crippen LogP contribution in [0.4, 0.5) is 0 Å². The van der Waals surface area contributed by atoms with Crippen molar-refractivity contribution in [1.82, 2.24) is 15.0 Å². The molecule has 11 atom stereocenters. The van der Waals surface area contributed by atoms with Crippen LogP contribution >= 0.6 is 0 Å². The van der Waals surface area contributed by atoms with Crippen LogP contribution in [-0.4, -0.2) is 128 Å². The van der Waals surface area contributed by atoms with Crippen LogP contribution in [0.5, 0.6) is 0 Å². The second-order valence-electron chi connectivity index (χ2n) is 24.8. The summed E-state index contributed by atoms with van der Waals surface area (Å²) in [6, 6.07) is 20.0. The van der Waals surface area contributed by atoms with E-state index in [0.717, 1.165) is 10.4 Å². The van der Waals surface area contributed by atoms with Gasteiger partial charge < -0.3 is 56.3 Å². The number of carboxylic acid groups (broad SMARTS) is 1. The number of oxazole rings is 3. The number of nitrogens with zero attached hydrogens (tertiary/aromatic N) is 3. The number of allylic oxidation sites excluding steroid dienone is 1. The first-order valence-corrected chi connectivity index (χ1v) is 31.7. The maximum absolute atomic E-state index is 13.8. The zero-order valence-corrected chi connectivity index (χ0v) is 53.6. The monoisotopic (exact) mass is 1210 g/mol. The van der Waals surface area contributed by atoms with Crippen LogP contribution in [0.1, 0.15) is 139 Å². The third-order valence-electron chi connectivity index (χ3n) is 16.4. The number of aliphatic hydroxyl groups is 1. The van der Waals surface area contributed by atoms with Crippen LogP contribution in [0, 0.1) is 35.0 Å². The molecule has 2 aromatic carbocycles. The summed E-state index contributed by atoms with van der Waals surface area (Å²) in [6.07, 6.45) is 8.66. The molecule has 0 radical (unpaired) electrons. The molecule has 1 aliphatic rings. The van der Waals surface area contributed by atoms with Gasteiger partial charge in [-0.15, -0.1) is 0 Å². The maximum atomic E-state index is 13.8. The van der Waals surface area contributed by atoms with E-state index in [9.17, 15) is 29.4 Å². The van der Waals surface area contributed by atoms with Crippen molar-refractivity contribution in [2.75, 3.05) is 34.5 Å². The van der Waals surface area contributed by atoms with E-state index in [2.05, 4.69) is 49.6 Å². The number of carbonyl (C=O) groups is 4. The molecule has 19 nitrogen and oxygen atoms in total. The van der Waals surface area contributed by atoms with Crippen molar-refractivity contribution in [2.24, 2.45) is 35.0 Å². The average Bonchev–Trinajstić information content (AvgIpc) is 1.94. The van der Waals surface area contributed by atoms with E-state index in [-0.39, 0.29) is 94.6 Å². The van der Waals surface area contributed by atoms with E-state index in [1.54, 1.807) is 40.2 Å². The molecular formula is C66H91N3O16Si. The molecule has 86 heavy (non-hydrogen) atoms. The van der Waals surface area contributed by atoms with Crippen LogP contribution in [0.15, 0.2) is 111 Å². The largest absolute Gasteiger partial charge is 0.481 e. The second-order valence-corrected chi connectivity index (χ2v) is 29.0. The molecule has 0 bridgehead atoms. The summed E-state index contributed by atoms with van der Waals surface area (Å²) in [4.78, 5) is 65.5. The molecule has 4 heterocycles. The smallest absolute Gasteiger partial charge is 0.305 e. The highest BCUT2D eigenvalue weighted by molar-refractivity contribution is 6.99. The summed E-state index contributed by atoms with van der Waals surface area (Å²) >= 11 is 0. The standard InChI is InChI=1S/C66H91N3O16Si/c1-41(31-32-54(72)44(4)61(84-46(6)70)42(2)33-60-82-39-66(10,11)40-83-60)57(77-13)35-55(73)43(3)56(76-12)29-22-30-58-67-51(37-79-58)63-69-52(38-81-63)64-68-50(36-80-64)62(78-14)45(5)53(71)28-21-23-47(34-59(74)75)85-86(65(7,8)9,48-24-17-15-18-25-48)49-26-19-16-20-27-49/h15-22,24-28,30,36-38,41-45,47,55-57,60-62,73H,23,29,31-35,39-40H2,1-14H3,(H,74,75)/b28-21+,30-22+/t41-,42+,43+,44-,45-,47-,55-,56-,57-,61+,62-/m0/s1. The molecule has 0 unspecified atom stereocenters. The van der Waals surface area contributed by atoms with Crippen molar-refractivity contribution >= 4 is 48.3 Å². The Morgan fingerprint density at radius 2 is 1.35 bits per heavy atom. The van der Waals surface area contributed by atoms with E-state index in [1.807, 2.05) is 87.5 Å². The van der Waals surface area contributed by atoms with E-state index in [0.29, 0.717) is 50.3 Å². The first-order chi connectivity index (χ1) is 40.8. The Balaban J connectivity index is 1.00. The fraction of sp³-hybridized carbons (Fsp3) is 0.561. The number of hydrogen-bond acceptors (Lipinski definition) is 18. The quantitative estimate of drug-likeness (QED) is 0.0221. The Kier molecular flexibility index (Phi) is 25.3. The maximum Gasteiger partial charge on any atom is 0.305 e. The minimum absolute atomic E-state index is 0.0204. The number of rotatable bonds is 34. The van der Waals surface area contributed by atoms with Crippen molar-refractivity contribution < 1.29 is 75.5 Å². The lowest BCUT2D eigenvalue weighted by Gasteiger charge is -2.45. The number of aliphatic carboxylic acids is 1. The van der Waals surface area contributed by atoms with Gasteiger partial charge >= 0.3 is 11.9 Å². The average molecular weight is 1210 g/mol. The summed E-state index contributed by atoms with van der Waals surface area (Å²) in [5, 5.41) is 23.2. The van der Waals surface area contributed by atoms with Crippen LogP contribution in [0.2, 0.25) is 5.04 Å². The van der Waals surface area contributed by atoms with Crippen LogP contribution < -0.4 is 10.4 Å². The fourth-order valence-electron chi connectivity index (χ4n) is 11.3. The van der Waals surface area contributed by atoms with Gasteiger partial charge in [-0.05, 0) is 58.7 Å². The third-order valence-corrected chi connectivity index (χ3v) is 21.5. The highest BCUT2D eigenvalue weighted by Gasteiger charge is 2.51. The highest BCUT2D eigenvalue weighted by Crippen LogP contribution is 2.39. The number of carbonyl (C=O) groups excluding carboxylic acids is 3. The van der Waals surface area contributed by atoms with E-state index < -0.39 is 62.8 Å². The molecule has 0 saturated carbocycles. The first kappa shape index (κ1) is 68.9. The third kappa shape index (κ3) is 18.4. The van der Waals surface area contributed by atoms with Gasteiger partial charge in [0.05, 0.1) is 55.9 Å². The zero-order valence-electron chi connectivity index (χ0n) is 52.6. The Morgan fingerprint density at radius 3 is 1.93 bits per heavy atom. The number of Topliss-reactive ketones (excluding diaryl/α,β-unsaturated/α-hetero) is 1. The number of esters is 1. The molecule has 20 heteroatoms. The van der Waals surface area contributed by atoms with Gasteiger partial charge in [-0.2, -0.15) is 0 Å². The lowest BCUT2D eigenvalue weighted by molar-refractivity contribution is -0.231. The summed E-state index contributed by atoms with van der Waals surface area (Å²) in [5.41, 5.74) is 0.861. The summed E-state index contributed by atoms with van der Waals surface area (Å²) in [5.74, 6) is -3.00. The minimum atomic E-state index is -3.10. The van der Waals surface area contributed by atoms with Crippen molar-refractivity contribution in [3.05, 3.63) is 109 Å². The van der Waals surface area contributed by atoms with Gasteiger partial charge in [0.25, 0.3) is 8.32 Å². The van der Waals surface area contributed by atoms with Gasteiger partial charge in [-0.3, -0.25) is 19.2 Å². The molecule has 2 N–H and O–H groups in total. The Hall–Kier alpha value is -6.23. The summed E-state index contributed by atoms with van der Waals surface area (Å²) in [7, 11) is 1.57. The number of carboxylic acids is 1. The van der Waals surface area contributed by atoms with Gasteiger partial charge in [-0.25, -0.2) is 15.0 Å². The van der Waals surface area contributed by atoms with Crippen LogP contribution in [-0.2, 0) is 52.0 Å². The number of ketones is 2. The van der Waals surface area contributed by atoms with Gasteiger partial charge in [0.15, 0.2) is 23.5 Å². The molecule has 0 spiro atoms. The molecule has 1 fully saturated rings.